The Hall–Kier alpha value is -2.15. The van der Waals surface area contributed by atoms with Crippen molar-refractivity contribution in [3.05, 3.63) is 33.9 Å². The lowest BCUT2D eigenvalue weighted by Gasteiger charge is -2.29. The molecule has 1 N–H and O–H groups in total. The van der Waals surface area contributed by atoms with Crippen LogP contribution >= 0.6 is 0 Å². The van der Waals surface area contributed by atoms with Gasteiger partial charge in [-0.1, -0.05) is 19.3 Å². The Bertz CT molecular complexity index is 553. The maximum Gasteiger partial charge on any atom is 0.335 e. The van der Waals surface area contributed by atoms with Gasteiger partial charge in [0.15, 0.2) is 0 Å². The normalized spacial score (nSPS) is 17.0. The monoisotopic (exact) mass is 309 g/mol. The fourth-order valence-electron chi connectivity index (χ4n) is 2.76. The van der Waals surface area contributed by atoms with Crippen LogP contribution < -0.4 is 4.74 Å². The molecule has 0 radical (unpaired) electrons. The number of hydrogen-bond donors (Lipinski definition) is 1. The third-order valence-electron chi connectivity index (χ3n) is 3.91. The maximum absolute atomic E-state index is 11.1. The molecule has 1 saturated carbocycles. The number of aromatic carboxylic acids is 1. The Morgan fingerprint density at radius 2 is 2.05 bits per heavy atom. The molecule has 1 aliphatic carbocycles. The summed E-state index contributed by atoms with van der Waals surface area (Å²) in [6.07, 6.45) is 4.58. The topological polar surface area (TPSA) is 98.9 Å². The Kier molecular flexibility index (Phi) is 5.32. The summed E-state index contributed by atoms with van der Waals surface area (Å²) in [6.45, 7) is 0. The van der Waals surface area contributed by atoms with Gasteiger partial charge in [-0.05, 0) is 18.9 Å². The van der Waals surface area contributed by atoms with E-state index in [2.05, 4.69) is 0 Å². The first kappa shape index (κ1) is 16.2. The quantitative estimate of drug-likeness (QED) is 0.492. The predicted molar refractivity (Wildman–Crippen MR) is 78.1 cm³/mol. The van der Waals surface area contributed by atoms with Crippen LogP contribution in [-0.4, -0.2) is 29.4 Å². The molecule has 7 heteroatoms. The highest BCUT2D eigenvalue weighted by Gasteiger charge is 2.28. The van der Waals surface area contributed by atoms with Crippen LogP contribution in [0.4, 0.5) is 5.69 Å². The van der Waals surface area contributed by atoms with Gasteiger partial charge in [0, 0.05) is 25.2 Å². The van der Waals surface area contributed by atoms with Gasteiger partial charge in [0.05, 0.1) is 10.5 Å². The number of rotatable bonds is 6. The molecule has 7 nitrogen and oxygen atoms in total. The van der Waals surface area contributed by atoms with E-state index in [0.29, 0.717) is 0 Å². The second-order valence-electron chi connectivity index (χ2n) is 5.36. The Morgan fingerprint density at radius 1 is 1.36 bits per heavy atom. The number of benzene rings is 1. The summed E-state index contributed by atoms with van der Waals surface area (Å²) in [4.78, 5) is 21.5. The molecule has 1 unspecified atom stereocenters. The van der Waals surface area contributed by atoms with E-state index in [-0.39, 0.29) is 22.9 Å². The van der Waals surface area contributed by atoms with Crippen LogP contribution in [-0.2, 0) is 4.74 Å². The molecule has 1 aromatic carbocycles. The molecular weight excluding hydrogens is 290 g/mol. The van der Waals surface area contributed by atoms with E-state index >= 15 is 0 Å². The zero-order valence-electron chi connectivity index (χ0n) is 12.4. The molecule has 1 atom stereocenters. The summed E-state index contributed by atoms with van der Waals surface area (Å²) in [5.41, 5.74) is -0.318. The van der Waals surface area contributed by atoms with Crippen molar-refractivity contribution in [2.75, 3.05) is 7.11 Å². The van der Waals surface area contributed by atoms with E-state index in [9.17, 15) is 14.9 Å². The minimum absolute atomic E-state index is 0.0564. The van der Waals surface area contributed by atoms with Crippen LogP contribution in [0.5, 0.6) is 5.75 Å². The molecule has 0 aliphatic heterocycles. The SMILES string of the molecule is COC(Oc1cc(C(=O)O)ccc1[N+](=O)[O-])C1CCCCC1. The molecule has 22 heavy (non-hydrogen) atoms. The van der Waals surface area contributed by atoms with E-state index in [4.69, 9.17) is 14.6 Å². The van der Waals surface area contributed by atoms with Gasteiger partial charge in [-0.3, -0.25) is 10.1 Å². The Labute approximate surface area is 128 Å². The number of nitro benzene ring substituents is 1. The number of nitrogens with zero attached hydrogens (tertiary/aromatic N) is 1. The largest absolute Gasteiger partial charge is 0.478 e. The number of nitro groups is 1. The summed E-state index contributed by atoms with van der Waals surface area (Å²) in [6, 6.07) is 3.51. The van der Waals surface area contributed by atoms with E-state index < -0.39 is 17.2 Å². The van der Waals surface area contributed by atoms with E-state index in [1.165, 1.54) is 25.7 Å². The van der Waals surface area contributed by atoms with Crippen molar-refractivity contribution < 1.29 is 24.3 Å². The van der Waals surface area contributed by atoms with Crippen molar-refractivity contribution in [2.45, 2.75) is 38.4 Å². The number of carboxylic acids is 1. The molecule has 0 amide bonds. The fourth-order valence-corrected chi connectivity index (χ4v) is 2.76. The zero-order chi connectivity index (χ0) is 16.1. The first-order valence-corrected chi connectivity index (χ1v) is 7.24. The summed E-state index contributed by atoms with van der Waals surface area (Å²) in [5, 5.41) is 20.1. The van der Waals surface area contributed by atoms with Crippen LogP contribution in [0.15, 0.2) is 18.2 Å². The summed E-state index contributed by atoms with van der Waals surface area (Å²) >= 11 is 0. The lowest BCUT2D eigenvalue weighted by molar-refractivity contribution is -0.386. The number of ether oxygens (including phenoxy) is 2. The minimum Gasteiger partial charge on any atom is -0.478 e. The van der Waals surface area contributed by atoms with Crippen molar-refractivity contribution in [1.82, 2.24) is 0 Å². The van der Waals surface area contributed by atoms with E-state index in [0.717, 1.165) is 31.7 Å². The number of methoxy groups -OCH3 is 1. The first-order chi connectivity index (χ1) is 10.5. The highest BCUT2D eigenvalue weighted by molar-refractivity contribution is 5.88. The number of hydrogen-bond acceptors (Lipinski definition) is 5. The fraction of sp³-hybridized carbons (Fsp3) is 0.533. The third kappa shape index (κ3) is 3.73. The Morgan fingerprint density at radius 3 is 2.59 bits per heavy atom. The molecule has 0 spiro atoms. The van der Waals surface area contributed by atoms with Crippen LogP contribution in [0.2, 0.25) is 0 Å². The lowest BCUT2D eigenvalue weighted by Crippen LogP contribution is -2.30. The molecule has 0 bridgehead atoms. The molecule has 1 aromatic rings. The van der Waals surface area contributed by atoms with Gasteiger partial charge in [-0.15, -0.1) is 0 Å². The smallest absolute Gasteiger partial charge is 0.335 e. The predicted octanol–water partition coefficient (Wildman–Crippen LogP) is 3.22. The summed E-state index contributed by atoms with van der Waals surface area (Å²) in [5.74, 6) is -1.07. The lowest BCUT2D eigenvalue weighted by atomic mass is 9.89. The summed E-state index contributed by atoms with van der Waals surface area (Å²) < 4.78 is 11.0. The van der Waals surface area contributed by atoms with Crippen LogP contribution in [0.3, 0.4) is 0 Å². The molecule has 1 fully saturated rings. The second-order valence-corrected chi connectivity index (χ2v) is 5.36. The molecule has 120 valence electrons. The van der Waals surface area contributed by atoms with Crippen molar-refractivity contribution >= 4 is 11.7 Å². The zero-order valence-corrected chi connectivity index (χ0v) is 12.4. The van der Waals surface area contributed by atoms with Crippen molar-refractivity contribution in [3.63, 3.8) is 0 Å². The average Bonchev–Trinajstić information content (AvgIpc) is 2.52. The molecule has 1 aliphatic rings. The molecular formula is C15H19NO6. The molecule has 2 rings (SSSR count). The Balaban J connectivity index is 2.26. The third-order valence-corrected chi connectivity index (χ3v) is 3.91. The van der Waals surface area contributed by atoms with Crippen LogP contribution in [0, 0.1) is 16.0 Å². The van der Waals surface area contributed by atoms with Crippen LogP contribution in [0.25, 0.3) is 0 Å². The molecule has 0 saturated heterocycles. The van der Waals surface area contributed by atoms with Gasteiger partial charge in [0.1, 0.15) is 0 Å². The minimum atomic E-state index is -1.16. The van der Waals surface area contributed by atoms with Crippen molar-refractivity contribution in [1.29, 1.82) is 0 Å². The van der Waals surface area contributed by atoms with E-state index in [1.807, 2.05) is 0 Å². The highest BCUT2D eigenvalue weighted by Crippen LogP contribution is 2.33. The number of carbonyl (C=O) groups is 1. The standard InChI is InChI=1S/C15H19NO6/c1-21-15(10-5-3-2-4-6-10)22-13-9-11(14(17)18)7-8-12(13)16(19)20/h7-10,15H,2-6H2,1H3,(H,17,18). The van der Waals surface area contributed by atoms with Gasteiger partial charge in [0.25, 0.3) is 0 Å². The van der Waals surface area contributed by atoms with Gasteiger partial charge in [-0.2, -0.15) is 0 Å². The maximum atomic E-state index is 11.1. The first-order valence-electron chi connectivity index (χ1n) is 7.24. The van der Waals surface area contributed by atoms with Gasteiger partial charge in [0.2, 0.25) is 12.0 Å². The van der Waals surface area contributed by atoms with Gasteiger partial charge in [-0.25, -0.2) is 4.79 Å². The van der Waals surface area contributed by atoms with E-state index in [1.54, 1.807) is 0 Å². The second kappa shape index (κ2) is 7.22. The van der Waals surface area contributed by atoms with Crippen molar-refractivity contribution in [3.8, 4) is 5.75 Å². The summed E-state index contributed by atoms with van der Waals surface area (Å²) in [7, 11) is 1.49. The molecule has 0 aromatic heterocycles. The average molecular weight is 309 g/mol. The number of carboxylic acid groups (broad SMARTS) is 1. The van der Waals surface area contributed by atoms with Crippen molar-refractivity contribution in [2.24, 2.45) is 5.92 Å². The van der Waals surface area contributed by atoms with Crippen LogP contribution in [0.1, 0.15) is 42.5 Å². The molecule has 0 heterocycles. The highest BCUT2D eigenvalue weighted by atomic mass is 16.7. The van der Waals surface area contributed by atoms with Gasteiger partial charge < -0.3 is 14.6 Å². The van der Waals surface area contributed by atoms with Gasteiger partial charge >= 0.3 is 11.7 Å².